The van der Waals surface area contributed by atoms with Crippen LogP contribution in [0.2, 0.25) is 0 Å². The highest BCUT2D eigenvalue weighted by atomic mass is 19.3. The summed E-state index contributed by atoms with van der Waals surface area (Å²) in [6.07, 6.45) is 1.27. The van der Waals surface area contributed by atoms with Gasteiger partial charge in [-0.2, -0.15) is 8.78 Å². The minimum absolute atomic E-state index is 0.0481. The third-order valence-electron chi connectivity index (χ3n) is 2.19. The van der Waals surface area contributed by atoms with E-state index in [1.54, 1.807) is 0 Å². The summed E-state index contributed by atoms with van der Waals surface area (Å²) in [6, 6.07) is 5.60. The summed E-state index contributed by atoms with van der Waals surface area (Å²) in [4.78, 5) is 11.6. The number of amides is 1. The number of rotatable bonds is 7. The third kappa shape index (κ3) is 5.09. The molecule has 1 aromatic rings. The molecule has 0 radical (unpaired) electrons. The lowest BCUT2D eigenvalue weighted by Gasteiger charge is -2.07. The zero-order valence-corrected chi connectivity index (χ0v) is 9.73. The number of alkyl halides is 2. The van der Waals surface area contributed by atoms with Gasteiger partial charge in [-0.15, -0.1) is 0 Å². The van der Waals surface area contributed by atoms with Gasteiger partial charge in [0.15, 0.2) is 0 Å². The normalized spacial score (nSPS) is 10.4. The van der Waals surface area contributed by atoms with Crippen LogP contribution in [0.4, 0.5) is 8.78 Å². The zero-order valence-electron chi connectivity index (χ0n) is 9.73. The Labute approximate surface area is 104 Å². The number of carbonyl (C=O) groups is 1. The minimum atomic E-state index is -2.91. The SMILES string of the molecule is O=C(NCCCCO)c1cccc(OC(F)F)c1. The van der Waals surface area contributed by atoms with Crippen LogP contribution in [0.5, 0.6) is 5.75 Å². The quantitative estimate of drug-likeness (QED) is 0.734. The molecule has 0 aliphatic carbocycles. The van der Waals surface area contributed by atoms with Gasteiger partial charge in [-0.25, -0.2) is 0 Å². The Kier molecular flexibility index (Phi) is 6.07. The van der Waals surface area contributed by atoms with Crippen molar-refractivity contribution < 1.29 is 23.4 Å². The van der Waals surface area contributed by atoms with E-state index >= 15 is 0 Å². The molecule has 0 aromatic heterocycles. The molecule has 18 heavy (non-hydrogen) atoms. The average Bonchev–Trinajstić information content (AvgIpc) is 2.34. The molecule has 0 spiro atoms. The van der Waals surface area contributed by atoms with Gasteiger partial charge >= 0.3 is 6.61 Å². The first kappa shape index (κ1) is 14.4. The number of halogens is 2. The number of unbranched alkanes of at least 4 members (excludes halogenated alkanes) is 1. The molecule has 100 valence electrons. The highest BCUT2D eigenvalue weighted by molar-refractivity contribution is 5.94. The van der Waals surface area contributed by atoms with E-state index in [0.29, 0.717) is 19.4 Å². The topological polar surface area (TPSA) is 58.6 Å². The Balaban J connectivity index is 2.51. The standard InChI is InChI=1S/C12H15F2NO3/c13-12(14)18-10-5-3-4-9(8-10)11(17)15-6-1-2-7-16/h3-5,8,12,16H,1-2,6-7H2,(H,15,17). The Bertz CT molecular complexity index is 385. The third-order valence-corrected chi connectivity index (χ3v) is 2.19. The highest BCUT2D eigenvalue weighted by Crippen LogP contribution is 2.15. The van der Waals surface area contributed by atoms with Crippen molar-refractivity contribution in [2.45, 2.75) is 19.5 Å². The molecule has 0 fully saturated rings. The second-order valence-electron chi connectivity index (χ2n) is 3.59. The maximum Gasteiger partial charge on any atom is 0.387 e. The first-order valence-corrected chi connectivity index (χ1v) is 5.57. The van der Waals surface area contributed by atoms with Crippen molar-refractivity contribution in [2.24, 2.45) is 0 Å². The van der Waals surface area contributed by atoms with Crippen molar-refractivity contribution >= 4 is 5.91 Å². The van der Waals surface area contributed by atoms with Crippen molar-refractivity contribution in [3.8, 4) is 5.75 Å². The molecular formula is C12H15F2NO3. The Hall–Kier alpha value is -1.69. The Morgan fingerprint density at radius 3 is 2.83 bits per heavy atom. The number of carbonyl (C=O) groups excluding carboxylic acids is 1. The number of benzene rings is 1. The second-order valence-corrected chi connectivity index (χ2v) is 3.59. The predicted octanol–water partition coefficient (Wildman–Crippen LogP) is 1.79. The van der Waals surface area contributed by atoms with Gasteiger partial charge in [-0.3, -0.25) is 4.79 Å². The summed E-state index contributed by atoms with van der Waals surface area (Å²) < 4.78 is 28.2. The van der Waals surface area contributed by atoms with Crippen LogP contribution in [0.25, 0.3) is 0 Å². The van der Waals surface area contributed by atoms with E-state index in [-0.39, 0.29) is 23.8 Å². The van der Waals surface area contributed by atoms with E-state index < -0.39 is 6.61 Å². The molecule has 0 bridgehead atoms. The monoisotopic (exact) mass is 259 g/mol. The number of nitrogens with one attached hydrogen (secondary N) is 1. The van der Waals surface area contributed by atoms with E-state index in [2.05, 4.69) is 10.1 Å². The molecular weight excluding hydrogens is 244 g/mol. The summed E-state index contributed by atoms with van der Waals surface area (Å²) >= 11 is 0. The van der Waals surface area contributed by atoms with Gasteiger partial charge in [0.2, 0.25) is 0 Å². The fourth-order valence-electron chi connectivity index (χ4n) is 1.35. The lowest BCUT2D eigenvalue weighted by molar-refractivity contribution is -0.0498. The molecule has 0 aliphatic rings. The number of hydrogen-bond acceptors (Lipinski definition) is 3. The smallest absolute Gasteiger partial charge is 0.387 e. The van der Waals surface area contributed by atoms with Crippen molar-refractivity contribution in [1.82, 2.24) is 5.32 Å². The predicted molar refractivity (Wildman–Crippen MR) is 61.7 cm³/mol. The van der Waals surface area contributed by atoms with Gasteiger partial charge in [0.05, 0.1) is 0 Å². The van der Waals surface area contributed by atoms with Crippen LogP contribution < -0.4 is 10.1 Å². The van der Waals surface area contributed by atoms with E-state index in [4.69, 9.17) is 5.11 Å². The van der Waals surface area contributed by atoms with Crippen LogP contribution in [0.3, 0.4) is 0 Å². The largest absolute Gasteiger partial charge is 0.435 e. The van der Waals surface area contributed by atoms with Crippen molar-refractivity contribution in [3.05, 3.63) is 29.8 Å². The minimum Gasteiger partial charge on any atom is -0.435 e. The molecule has 0 saturated heterocycles. The first-order valence-electron chi connectivity index (χ1n) is 5.57. The maximum absolute atomic E-state index is 12.0. The van der Waals surface area contributed by atoms with Gasteiger partial charge < -0.3 is 15.2 Å². The van der Waals surface area contributed by atoms with Crippen molar-refractivity contribution in [1.29, 1.82) is 0 Å². The van der Waals surface area contributed by atoms with Gasteiger partial charge in [0.1, 0.15) is 5.75 Å². The van der Waals surface area contributed by atoms with Gasteiger partial charge in [-0.05, 0) is 31.0 Å². The molecule has 0 atom stereocenters. The number of aliphatic hydroxyl groups is 1. The molecule has 0 saturated carbocycles. The first-order chi connectivity index (χ1) is 8.63. The fraction of sp³-hybridized carbons (Fsp3) is 0.417. The number of aliphatic hydroxyl groups excluding tert-OH is 1. The van der Waals surface area contributed by atoms with E-state index in [0.717, 1.165) is 0 Å². The average molecular weight is 259 g/mol. The van der Waals surface area contributed by atoms with Gasteiger partial charge in [0.25, 0.3) is 5.91 Å². The van der Waals surface area contributed by atoms with Crippen LogP contribution >= 0.6 is 0 Å². The second kappa shape index (κ2) is 7.60. The van der Waals surface area contributed by atoms with Gasteiger partial charge in [-0.1, -0.05) is 6.07 Å². The molecule has 6 heteroatoms. The maximum atomic E-state index is 12.0. The lowest BCUT2D eigenvalue weighted by Crippen LogP contribution is -2.24. The number of hydrogen-bond donors (Lipinski definition) is 2. The van der Waals surface area contributed by atoms with E-state index in [1.807, 2.05) is 0 Å². The van der Waals surface area contributed by atoms with Gasteiger partial charge in [0, 0.05) is 18.7 Å². The number of ether oxygens (including phenoxy) is 1. The zero-order chi connectivity index (χ0) is 13.4. The summed E-state index contributed by atoms with van der Waals surface area (Å²) in [5, 5.41) is 11.2. The molecule has 1 rings (SSSR count). The van der Waals surface area contributed by atoms with Crippen LogP contribution in [0.15, 0.2) is 24.3 Å². The fourth-order valence-corrected chi connectivity index (χ4v) is 1.35. The van der Waals surface area contributed by atoms with Crippen LogP contribution in [0, 0.1) is 0 Å². The van der Waals surface area contributed by atoms with Crippen LogP contribution in [-0.2, 0) is 0 Å². The molecule has 0 unspecified atom stereocenters. The molecule has 1 aromatic carbocycles. The summed E-state index contributed by atoms with van der Waals surface area (Å²) in [5.74, 6) is -0.402. The molecule has 0 heterocycles. The lowest BCUT2D eigenvalue weighted by atomic mass is 10.2. The summed E-state index contributed by atoms with van der Waals surface area (Å²) in [7, 11) is 0. The Morgan fingerprint density at radius 1 is 1.39 bits per heavy atom. The summed E-state index contributed by atoms with van der Waals surface area (Å²) in [6.45, 7) is -2.40. The van der Waals surface area contributed by atoms with E-state index in [1.165, 1.54) is 24.3 Å². The van der Waals surface area contributed by atoms with Crippen LogP contribution in [-0.4, -0.2) is 30.8 Å². The van der Waals surface area contributed by atoms with Crippen LogP contribution in [0.1, 0.15) is 23.2 Å². The van der Waals surface area contributed by atoms with E-state index in [9.17, 15) is 13.6 Å². The molecule has 2 N–H and O–H groups in total. The Morgan fingerprint density at radius 2 is 2.17 bits per heavy atom. The highest BCUT2D eigenvalue weighted by Gasteiger charge is 2.08. The molecule has 4 nitrogen and oxygen atoms in total. The molecule has 1 amide bonds. The van der Waals surface area contributed by atoms with Crippen molar-refractivity contribution in [3.63, 3.8) is 0 Å². The molecule has 0 aliphatic heterocycles. The van der Waals surface area contributed by atoms with Crippen molar-refractivity contribution in [2.75, 3.05) is 13.2 Å². The summed E-state index contributed by atoms with van der Waals surface area (Å²) in [5.41, 5.74) is 0.261.